The number of carbonyl (C=O) groups excluding carboxylic acids is 1. The van der Waals surface area contributed by atoms with Gasteiger partial charge in [0.25, 0.3) is 0 Å². The van der Waals surface area contributed by atoms with Crippen LogP contribution in [0, 0.1) is 0 Å². The zero-order valence-corrected chi connectivity index (χ0v) is 8.64. The molecule has 0 aromatic carbocycles. The molecule has 0 amide bonds. The molecule has 0 N–H and O–H groups in total. The lowest BCUT2D eigenvalue weighted by Crippen LogP contribution is -1.94. The fourth-order valence-electron chi connectivity index (χ4n) is 1.03. The van der Waals surface area contributed by atoms with Gasteiger partial charge in [-0.05, 0) is 30.4 Å². The van der Waals surface area contributed by atoms with E-state index in [1.165, 1.54) is 4.88 Å². The number of hydrogen-bond donors (Lipinski definition) is 0. The third kappa shape index (κ3) is 4.04. The highest BCUT2D eigenvalue weighted by atomic mass is 32.1. The van der Waals surface area contributed by atoms with Crippen LogP contribution in [0.1, 0.15) is 24.6 Å². The Morgan fingerprint density at radius 3 is 3.08 bits per heavy atom. The molecular formula is C11H14OS. The van der Waals surface area contributed by atoms with Crippen molar-refractivity contribution in [2.45, 2.75) is 26.2 Å². The summed E-state index contributed by atoms with van der Waals surface area (Å²) in [5.41, 5.74) is 0. The van der Waals surface area contributed by atoms with Gasteiger partial charge in [-0.15, -0.1) is 11.3 Å². The second kappa shape index (κ2) is 5.70. The number of aryl methyl sites for hydroxylation is 1. The number of thiophene rings is 1. The zero-order chi connectivity index (χ0) is 9.52. The topological polar surface area (TPSA) is 17.1 Å². The maximum absolute atomic E-state index is 11.2. The minimum absolute atomic E-state index is 0.232. The van der Waals surface area contributed by atoms with E-state index in [2.05, 4.69) is 6.07 Å². The number of rotatable bonds is 5. The van der Waals surface area contributed by atoms with Gasteiger partial charge in [-0.25, -0.2) is 0 Å². The molecule has 1 aromatic rings. The van der Waals surface area contributed by atoms with Crippen molar-refractivity contribution in [1.29, 1.82) is 0 Å². The summed E-state index contributed by atoms with van der Waals surface area (Å²) in [5, 5.41) is 2.04. The van der Waals surface area contributed by atoms with Crippen LogP contribution < -0.4 is 0 Å². The molecule has 1 heterocycles. The molecule has 1 rings (SSSR count). The number of hydrogen-bond acceptors (Lipinski definition) is 2. The Morgan fingerprint density at radius 2 is 2.46 bits per heavy atom. The van der Waals surface area contributed by atoms with Crippen molar-refractivity contribution in [3.63, 3.8) is 0 Å². The molecule has 13 heavy (non-hydrogen) atoms. The first-order valence-corrected chi connectivity index (χ1v) is 5.42. The Kier molecular flexibility index (Phi) is 4.47. The van der Waals surface area contributed by atoms with E-state index in [-0.39, 0.29) is 5.78 Å². The summed E-state index contributed by atoms with van der Waals surface area (Å²) >= 11 is 1.71. The average Bonchev–Trinajstić information content (AvgIpc) is 2.64. The van der Waals surface area contributed by atoms with Gasteiger partial charge in [0.05, 0.1) is 0 Å². The third-order valence-electron chi connectivity index (χ3n) is 1.74. The maximum atomic E-state index is 11.2. The largest absolute Gasteiger partial charge is 0.295 e. The highest BCUT2D eigenvalue weighted by Gasteiger charge is 1.98. The second-order valence-electron chi connectivity index (χ2n) is 2.86. The van der Waals surface area contributed by atoms with Crippen LogP contribution in [0.15, 0.2) is 29.7 Å². The van der Waals surface area contributed by atoms with Gasteiger partial charge in [0.15, 0.2) is 5.78 Å². The Labute approximate surface area is 83.1 Å². The number of carbonyl (C=O) groups is 1. The summed E-state index contributed by atoms with van der Waals surface area (Å²) in [5.74, 6) is 0.232. The molecule has 0 fully saturated rings. The van der Waals surface area contributed by atoms with Gasteiger partial charge < -0.3 is 0 Å². The van der Waals surface area contributed by atoms with E-state index in [4.69, 9.17) is 0 Å². The highest BCUT2D eigenvalue weighted by molar-refractivity contribution is 7.09. The van der Waals surface area contributed by atoms with E-state index in [0.29, 0.717) is 6.42 Å². The fourth-order valence-corrected chi connectivity index (χ4v) is 1.74. The van der Waals surface area contributed by atoms with Crippen molar-refractivity contribution in [2.75, 3.05) is 0 Å². The molecule has 0 aliphatic rings. The predicted molar refractivity (Wildman–Crippen MR) is 57.1 cm³/mol. The molecule has 2 heteroatoms. The summed E-state index contributed by atoms with van der Waals surface area (Å²) in [6.45, 7) is 2.03. The first-order chi connectivity index (χ1) is 6.33. The van der Waals surface area contributed by atoms with Gasteiger partial charge in [0.1, 0.15) is 0 Å². The van der Waals surface area contributed by atoms with Crippen LogP contribution in [-0.2, 0) is 11.2 Å². The lowest BCUT2D eigenvalue weighted by Gasteiger charge is -1.92. The van der Waals surface area contributed by atoms with Gasteiger partial charge in [0.2, 0.25) is 0 Å². The number of allylic oxidation sites excluding steroid dienone is 2. The van der Waals surface area contributed by atoms with E-state index in [0.717, 1.165) is 12.8 Å². The van der Waals surface area contributed by atoms with Crippen molar-refractivity contribution >= 4 is 17.1 Å². The molecule has 0 atom stereocenters. The van der Waals surface area contributed by atoms with Crippen LogP contribution in [0.25, 0.3) is 0 Å². The smallest absolute Gasteiger partial charge is 0.155 e. The van der Waals surface area contributed by atoms with E-state index in [1.807, 2.05) is 24.4 Å². The van der Waals surface area contributed by atoms with Gasteiger partial charge >= 0.3 is 0 Å². The molecule has 0 saturated carbocycles. The molecule has 0 saturated heterocycles. The highest BCUT2D eigenvalue weighted by Crippen LogP contribution is 2.11. The lowest BCUT2D eigenvalue weighted by atomic mass is 10.2. The van der Waals surface area contributed by atoms with E-state index in [1.54, 1.807) is 17.4 Å². The SMILES string of the molecule is CC/C=C/C(=O)CCc1cccs1. The van der Waals surface area contributed by atoms with Gasteiger partial charge in [0, 0.05) is 11.3 Å². The molecule has 0 aliphatic carbocycles. The van der Waals surface area contributed by atoms with Crippen LogP contribution in [0.4, 0.5) is 0 Å². The van der Waals surface area contributed by atoms with Crippen molar-refractivity contribution in [1.82, 2.24) is 0 Å². The Bertz CT molecular complexity index is 272. The van der Waals surface area contributed by atoms with Crippen LogP contribution in [-0.4, -0.2) is 5.78 Å². The Morgan fingerprint density at radius 1 is 1.62 bits per heavy atom. The van der Waals surface area contributed by atoms with Gasteiger partial charge in [-0.1, -0.05) is 19.1 Å². The maximum Gasteiger partial charge on any atom is 0.155 e. The summed E-state index contributed by atoms with van der Waals surface area (Å²) in [6, 6.07) is 4.09. The summed E-state index contributed by atoms with van der Waals surface area (Å²) in [7, 11) is 0. The van der Waals surface area contributed by atoms with E-state index in [9.17, 15) is 4.79 Å². The van der Waals surface area contributed by atoms with Crippen molar-refractivity contribution in [3.05, 3.63) is 34.5 Å². The molecule has 0 unspecified atom stereocenters. The summed E-state index contributed by atoms with van der Waals surface area (Å²) in [4.78, 5) is 12.5. The molecule has 1 aromatic heterocycles. The molecular weight excluding hydrogens is 180 g/mol. The predicted octanol–water partition coefficient (Wildman–Crippen LogP) is 3.22. The summed E-state index contributed by atoms with van der Waals surface area (Å²) in [6.07, 6.45) is 6.05. The first-order valence-electron chi connectivity index (χ1n) is 4.54. The molecule has 70 valence electrons. The zero-order valence-electron chi connectivity index (χ0n) is 7.82. The Hall–Kier alpha value is -0.890. The minimum Gasteiger partial charge on any atom is -0.295 e. The van der Waals surface area contributed by atoms with Crippen molar-refractivity contribution < 1.29 is 4.79 Å². The van der Waals surface area contributed by atoms with Gasteiger partial charge in [-0.2, -0.15) is 0 Å². The molecule has 0 aliphatic heterocycles. The third-order valence-corrected chi connectivity index (χ3v) is 2.67. The fraction of sp³-hybridized carbons (Fsp3) is 0.364. The Balaban J connectivity index is 2.27. The monoisotopic (exact) mass is 194 g/mol. The van der Waals surface area contributed by atoms with Crippen LogP contribution >= 0.6 is 11.3 Å². The second-order valence-corrected chi connectivity index (χ2v) is 3.89. The standard InChI is InChI=1S/C11H14OS/c1-2-3-5-10(12)7-8-11-6-4-9-13-11/h3-6,9H,2,7-8H2,1H3/b5-3+. The van der Waals surface area contributed by atoms with Crippen LogP contribution in [0.5, 0.6) is 0 Å². The van der Waals surface area contributed by atoms with Gasteiger partial charge in [-0.3, -0.25) is 4.79 Å². The average molecular weight is 194 g/mol. The molecule has 1 nitrogen and oxygen atoms in total. The molecule has 0 spiro atoms. The number of ketones is 1. The van der Waals surface area contributed by atoms with E-state index < -0.39 is 0 Å². The molecule has 0 radical (unpaired) electrons. The van der Waals surface area contributed by atoms with Crippen LogP contribution in [0.3, 0.4) is 0 Å². The van der Waals surface area contributed by atoms with Crippen molar-refractivity contribution in [3.8, 4) is 0 Å². The summed E-state index contributed by atoms with van der Waals surface area (Å²) < 4.78 is 0. The van der Waals surface area contributed by atoms with E-state index >= 15 is 0 Å². The minimum atomic E-state index is 0.232. The lowest BCUT2D eigenvalue weighted by molar-refractivity contribution is -0.114. The normalized spacial score (nSPS) is 10.8. The molecule has 0 bridgehead atoms. The van der Waals surface area contributed by atoms with Crippen molar-refractivity contribution in [2.24, 2.45) is 0 Å². The van der Waals surface area contributed by atoms with Crippen LogP contribution in [0.2, 0.25) is 0 Å². The first kappa shape index (κ1) is 10.2. The quantitative estimate of drug-likeness (QED) is 0.658.